The number of ether oxygens (including phenoxy) is 4. The van der Waals surface area contributed by atoms with Crippen LogP contribution >= 0.6 is 0 Å². The topological polar surface area (TPSA) is 101 Å². The lowest BCUT2D eigenvalue weighted by Crippen LogP contribution is -2.46. The van der Waals surface area contributed by atoms with Crippen molar-refractivity contribution >= 4 is 17.9 Å². The molecule has 238 valence electrons. The van der Waals surface area contributed by atoms with E-state index in [9.17, 15) is 14.0 Å². The van der Waals surface area contributed by atoms with Gasteiger partial charge in [-0.25, -0.2) is 14.2 Å². The van der Waals surface area contributed by atoms with Crippen molar-refractivity contribution in [3.8, 4) is 11.4 Å². The number of hydrogen-bond donors (Lipinski definition) is 1. The van der Waals surface area contributed by atoms with Crippen LogP contribution in [0.1, 0.15) is 84.9 Å². The van der Waals surface area contributed by atoms with Crippen LogP contribution < -0.4 is 5.32 Å². The zero-order valence-electron chi connectivity index (χ0n) is 26.7. The molecule has 1 N–H and O–H groups in total. The molecule has 2 aromatic carbocycles. The first-order chi connectivity index (χ1) is 20.7. The van der Waals surface area contributed by atoms with Crippen LogP contribution in [0, 0.1) is 5.82 Å². The van der Waals surface area contributed by atoms with Crippen molar-refractivity contribution in [2.45, 2.75) is 110 Å². The fourth-order valence-corrected chi connectivity index (χ4v) is 5.41. The summed E-state index contributed by atoms with van der Waals surface area (Å²) >= 11 is 0. The quantitative estimate of drug-likeness (QED) is 0.236. The zero-order valence-corrected chi connectivity index (χ0v) is 26.7. The largest absolute Gasteiger partial charge is 0.460 e. The molecular formula is C34H44FN3O6. The number of amides is 1. The number of halogens is 1. The van der Waals surface area contributed by atoms with Gasteiger partial charge in [-0.05, 0) is 76.8 Å². The van der Waals surface area contributed by atoms with Gasteiger partial charge in [0, 0.05) is 18.5 Å². The highest BCUT2D eigenvalue weighted by molar-refractivity contribution is 5.85. The molecule has 1 fully saturated rings. The van der Waals surface area contributed by atoms with E-state index in [0.29, 0.717) is 36.6 Å². The Kier molecular flexibility index (Phi) is 10.5. The van der Waals surface area contributed by atoms with Crippen LogP contribution in [-0.4, -0.2) is 45.2 Å². The molecule has 44 heavy (non-hydrogen) atoms. The van der Waals surface area contributed by atoms with E-state index < -0.39 is 17.5 Å². The predicted molar refractivity (Wildman–Crippen MR) is 165 cm³/mol. The van der Waals surface area contributed by atoms with Crippen molar-refractivity contribution in [3.63, 3.8) is 0 Å². The molecule has 0 radical (unpaired) electrons. The molecule has 9 nitrogen and oxygen atoms in total. The van der Waals surface area contributed by atoms with Crippen molar-refractivity contribution in [3.05, 3.63) is 71.7 Å². The van der Waals surface area contributed by atoms with Crippen molar-refractivity contribution in [2.75, 3.05) is 5.32 Å². The van der Waals surface area contributed by atoms with E-state index in [2.05, 4.69) is 5.32 Å². The van der Waals surface area contributed by atoms with Gasteiger partial charge in [0.25, 0.3) is 0 Å². The van der Waals surface area contributed by atoms with Gasteiger partial charge in [-0.1, -0.05) is 44.2 Å². The van der Waals surface area contributed by atoms with E-state index in [1.54, 1.807) is 12.1 Å². The molecule has 1 aromatic heterocycles. The van der Waals surface area contributed by atoms with Crippen molar-refractivity contribution in [1.82, 2.24) is 9.55 Å². The second-order valence-corrected chi connectivity index (χ2v) is 12.9. The number of hydrogen-bond acceptors (Lipinski definition) is 7. The van der Waals surface area contributed by atoms with E-state index in [0.717, 1.165) is 11.3 Å². The molecule has 1 amide bonds. The van der Waals surface area contributed by atoms with Crippen molar-refractivity contribution in [2.24, 2.45) is 0 Å². The van der Waals surface area contributed by atoms with E-state index in [-0.39, 0.29) is 42.9 Å². The standard InChI is InChI=1S/C34H44FN3O6/c1-22(2)29-30(37-32(40)41-21-23-11-9-8-10-12-23)36-31(24-13-15-25(35)16-14-24)38(29)18-17-26-19-27(43-34(6,7)42-26)20-28(39)44-33(3,4)5/h8-16,22,26-27H,17-21H2,1-7H3,(H,37,40). The molecule has 2 heterocycles. The van der Waals surface area contributed by atoms with Gasteiger partial charge in [-0.2, -0.15) is 0 Å². The van der Waals surface area contributed by atoms with Crippen LogP contribution in [0.5, 0.6) is 0 Å². The molecular weight excluding hydrogens is 565 g/mol. The maximum Gasteiger partial charge on any atom is 0.413 e. The number of nitrogens with zero attached hydrogens (tertiary/aromatic N) is 2. The molecule has 2 unspecified atom stereocenters. The number of aromatic nitrogens is 2. The monoisotopic (exact) mass is 609 g/mol. The van der Waals surface area contributed by atoms with Gasteiger partial charge in [-0.15, -0.1) is 0 Å². The molecule has 1 saturated heterocycles. The Labute approximate surface area is 259 Å². The number of esters is 1. The summed E-state index contributed by atoms with van der Waals surface area (Å²) in [4.78, 5) is 30.2. The van der Waals surface area contributed by atoms with Crippen LogP contribution in [0.15, 0.2) is 54.6 Å². The maximum absolute atomic E-state index is 13.8. The zero-order chi connectivity index (χ0) is 32.1. The Morgan fingerprint density at radius 2 is 1.73 bits per heavy atom. The summed E-state index contributed by atoms with van der Waals surface area (Å²) in [6.45, 7) is 13.8. The van der Waals surface area contributed by atoms with Crippen LogP contribution in [0.4, 0.5) is 15.0 Å². The summed E-state index contributed by atoms with van der Waals surface area (Å²) in [5.41, 5.74) is 1.80. The third-order valence-electron chi connectivity index (χ3n) is 7.01. The predicted octanol–water partition coefficient (Wildman–Crippen LogP) is 7.59. The minimum atomic E-state index is -0.888. The lowest BCUT2D eigenvalue weighted by Gasteiger charge is -2.41. The van der Waals surface area contributed by atoms with Crippen LogP contribution in [0.25, 0.3) is 11.4 Å². The average molecular weight is 610 g/mol. The first-order valence-electron chi connectivity index (χ1n) is 15.1. The van der Waals surface area contributed by atoms with Crippen LogP contribution in [0.3, 0.4) is 0 Å². The second-order valence-electron chi connectivity index (χ2n) is 12.9. The smallest absolute Gasteiger partial charge is 0.413 e. The fourth-order valence-electron chi connectivity index (χ4n) is 5.41. The summed E-state index contributed by atoms with van der Waals surface area (Å²) < 4.78 is 39.2. The first kappa shape index (κ1) is 33.1. The normalized spacial score (nSPS) is 18.2. The number of carbonyl (C=O) groups is 2. The Hall–Kier alpha value is -3.76. The van der Waals surface area contributed by atoms with Gasteiger partial charge >= 0.3 is 12.1 Å². The maximum atomic E-state index is 13.8. The number of anilines is 1. The Morgan fingerprint density at radius 3 is 2.36 bits per heavy atom. The number of carbonyl (C=O) groups excluding carboxylic acids is 2. The highest BCUT2D eigenvalue weighted by atomic mass is 19.1. The Bertz CT molecular complexity index is 1410. The summed E-state index contributed by atoms with van der Waals surface area (Å²) in [5.74, 6) is -0.609. The van der Waals surface area contributed by atoms with Crippen LogP contribution in [-0.2, 0) is 36.9 Å². The summed E-state index contributed by atoms with van der Waals surface area (Å²) in [6.07, 6.45) is 0.0198. The highest BCUT2D eigenvalue weighted by Crippen LogP contribution is 2.34. The molecule has 0 spiro atoms. The molecule has 2 atom stereocenters. The summed E-state index contributed by atoms with van der Waals surface area (Å²) in [7, 11) is 0. The van der Waals surface area contributed by atoms with Gasteiger partial charge in [0.2, 0.25) is 0 Å². The van der Waals surface area contributed by atoms with Crippen molar-refractivity contribution in [1.29, 1.82) is 0 Å². The number of imidazole rings is 1. The Morgan fingerprint density at radius 1 is 1.07 bits per heavy atom. The van der Waals surface area contributed by atoms with Gasteiger partial charge in [0.1, 0.15) is 23.8 Å². The second kappa shape index (κ2) is 13.9. The SMILES string of the molecule is CC(C)c1c(NC(=O)OCc2ccccc2)nc(-c2ccc(F)cc2)n1CCC1CC(CC(=O)OC(C)(C)C)OC(C)(C)O1. The van der Waals surface area contributed by atoms with Gasteiger partial charge < -0.3 is 23.5 Å². The third-order valence-corrected chi connectivity index (χ3v) is 7.01. The molecule has 10 heteroatoms. The molecule has 0 aliphatic carbocycles. The fraction of sp³-hybridized carbons (Fsp3) is 0.500. The molecule has 1 aliphatic heterocycles. The minimum absolute atomic E-state index is 0.0203. The molecule has 1 aliphatic rings. The van der Waals surface area contributed by atoms with Gasteiger partial charge in [0.05, 0.1) is 24.3 Å². The number of nitrogens with one attached hydrogen (secondary N) is 1. The minimum Gasteiger partial charge on any atom is -0.460 e. The summed E-state index contributed by atoms with van der Waals surface area (Å²) in [6, 6.07) is 15.5. The molecule has 3 aromatic rings. The van der Waals surface area contributed by atoms with E-state index in [1.165, 1.54) is 12.1 Å². The van der Waals surface area contributed by atoms with E-state index in [1.807, 2.05) is 83.4 Å². The number of rotatable bonds is 10. The summed E-state index contributed by atoms with van der Waals surface area (Å²) in [5, 5.41) is 2.83. The number of benzene rings is 2. The molecule has 0 saturated carbocycles. The molecule has 0 bridgehead atoms. The van der Waals surface area contributed by atoms with Gasteiger partial charge in [0.15, 0.2) is 11.6 Å². The lowest BCUT2D eigenvalue weighted by molar-refractivity contribution is -0.301. The third kappa shape index (κ3) is 9.37. The van der Waals surface area contributed by atoms with E-state index in [4.69, 9.17) is 23.9 Å². The molecule has 4 rings (SSSR count). The van der Waals surface area contributed by atoms with Crippen molar-refractivity contribution < 1.29 is 32.9 Å². The average Bonchev–Trinajstić information content (AvgIpc) is 3.27. The highest BCUT2D eigenvalue weighted by Gasteiger charge is 2.37. The van der Waals surface area contributed by atoms with Gasteiger partial charge in [-0.3, -0.25) is 10.1 Å². The van der Waals surface area contributed by atoms with E-state index >= 15 is 0 Å². The van der Waals surface area contributed by atoms with Crippen LogP contribution in [0.2, 0.25) is 0 Å². The first-order valence-corrected chi connectivity index (χ1v) is 15.1. The Balaban J connectivity index is 1.56. The lowest BCUT2D eigenvalue weighted by atomic mass is 10.0.